The first-order chi connectivity index (χ1) is 23.0. The van der Waals surface area contributed by atoms with Crippen LogP contribution in [0.3, 0.4) is 0 Å². The second-order valence-electron chi connectivity index (χ2n) is 12.9. The van der Waals surface area contributed by atoms with Crippen molar-refractivity contribution < 1.29 is 0 Å². The highest BCUT2D eigenvalue weighted by atomic mass is 14.9. The van der Waals surface area contributed by atoms with Crippen LogP contribution in [-0.2, 0) is 5.41 Å². The maximum absolute atomic E-state index is 5.17. The van der Waals surface area contributed by atoms with Crippen molar-refractivity contribution in [3.05, 3.63) is 163 Å². The van der Waals surface area contributed by atoms with Crippen molar-refractivity contribution in [1.82, 2.24) is 15.0 Å². The average molecular weight is 602 g/mol. The topological polar surface area (TPSA) is 38.7 Å². The molecule has 0 radical (unpaired) electrons. The Kier molecular flexibility index (Phi) is 6.16. The van der Waals surface area contributed by atoms with Gasteiger partial charge in [-0.25, -0.2) is 9.97 Å². The van der Waals surface area contributed by atoms with Crippen molar-refractivity contribution >= 4 is 21.5 Å². The van der Waals surface area contributed by atoms with Crippen LogP contribution in [-0.4, -0.2) is 15.0 Å². The molecule has 0 bridgehead atoms. The summed E-state index contributed by atoms with van der Waals surface area (Å²) in [6.07, 6.45) is 1.82. The second kappa shape index (κ2) is 10.6. The Morgan fingerprint density at radius 2 is 1.06 bits per heavy atom. The molecule has 2 heterocycles. The molecule has 6 aromatic carbocycles. The van der Waals surface area contributed by atoms with Gasteiger partial charge in [0.1, 0.15) is 0 Å². The number of benzene rings is 6. The molecule has 0 atom stereocenters. The zero-order valence-electron chi connectivity index (χ0n) is 26.3. The van der Waals surface area contributed by atoms with Crippen LogP contribution in [0.15, 0.2) is 152 Å². The van der Waals surface area contributed by atoms with Gasteiger partial charge in [0.15, 0.2) is 5.82 Å². The van der Waals surface area contributed by atoms with Crippen LogP contribution < -0.4 is 0 Å². The first-order valence-corrected chi connectivity index (χ1v) is 16.1. The van der Waals surface area contributed by atoms with E-state index in [1.54, 1.807) is 0 Å². The molecule has 0 saturated heterocycles. The van der Waals surface area contributed by atoms with Crippen LogP contribution in [0.2, 0.25) is 0 Å². The van der Waals surface area contributed by atoms with Crippen LogP contribution in [0.4, 0.5) is 0 Å². The highest BCUT2D eigenvalue weighted by Crippen LogP contribution is 2.50. The zero-order chi connectivity index (χ0) is 31.5. The molecule has 0 aliphatic heterocycles. The molecule has 3 nitrogen and oxygen atoms in total. The van der Waals surface area contributed by atoms with Gasteiger partial charge in [-0.2, -0.15) is 0 Å². The molecular formula is C44H31N3. The molecule has 0 N–H and O–H groups in total. The Bertz CT molecular complexity index is 2460. The molecule has 8 aromatic rings. The van der Waals surface area contributed by atoms with Crippen LogP contribution >= 0.6 is 0 Å². The number of nitrogens with zero attached hydrogens (tertiary/aromatic N) is 3. The molecule has 0 unspecified atom stereocenters. The van der Waals surface area contributed by atoms with E-state index < -0.39 is 0 Å². The number of fused-ring (bicyclic) bond motifs is 6. The monoisotopic (exact) mass is 601 g/mol. The number of pyridine rings is 1. The number of aromatic nitrogens is 3. The summed E-state index contributed by atoms with van der Waals surface area (Å²) in [5.41, 5.74) is 12.3. The van der Waals surface area contributed by atoms with Crippen molar-refractivity contribution in [2.75, 3.05) is 0 Å². The Balaban J connectivity index is 1.21. The van der Waals surface area contributed by atoms with E-state index in [0.717, 1.165) is 39.3 Å². The second-order valence-corrected chi connectivity index (χ2v) is 12.9. The van der Waals surface area contributed by atoms with E-state index in [2.05, 4.69) is 140 Å². The number of rotatable bonds is 4. The van der Waals surface area contributed by atoms with E-state index in [-0.39, 0.29) is 5.41 Å². The minimum Gasteiger partial charge on any atom is -0.256 e. The van der Waals surface area contributed by atoms with Crippen molar-refractivity contribution in [1.29, 1.82) is 0 Å². The van der Waals surface area contributed by atoms with Gasteiger partial charge in [-0.05, 0) is 80.2 Å². The summed E-state index contributed by atoms with van der Waals surface area (Å²) >= 11 is 0. The highest BCUT2D eigenvalue weighted by Gasteiger charge is 2.35. The van der Waals surface area contributed by atoms with E-state index >= 15 is 0 Å². The van der Waals surface area contributed by atoms with Gasteiger partial charge in [-0.1, -0.05) is 123 Å². The van der Waals surface area contributed by atoms with E-state index in [1.165, 1.54) is 43.8 Å². The Morgan fingerprint density at radius 1 is 0.426 bits per heavy atom. The van der Waals surface area contributed by atoms with Gasteiger partial charge in [0, 0.05) is 33.9 Å². The molecular weight excluding hydrogens is 571 g/mol. The lowest BCUT2D eigenvalue weighted by atomic mass is 9.81. The lowest BCUT2D eigenvalue weighted by Gasteiger charge is -2.21. The fraction of sp³-hybridized carbons (Fsp3) is 0.0682. The molecule has 1 aliphatic carbocycles. The Morgan fingerprint density at radius 3 is 1.87 bits per heavy atom. The van der Waals surface area contributed by atoms with Crippen LogP contribution in [0.25, 0.3) is 77.8 Å². The quantitative estimate of drug-likeness (QED) is 0.188. The summed E-state index contributed by atoms with van der Waals surface area (Å²) < 4.78 is 0. The summed E-state index contributed by atoms with van der Waals surface area (Å²) in [4.78, 5) is 14.7. The van der Waals surface area contributed by atoms with Crippen molar-refractivity contribution in [3.8, 4) is 56.3 Å². The van der Waals surface area contributed by atoms with Gasteiger partial charge < -0.3 is 0 Å². The summed E-state index contributed by atoms with van der Waals surface area (Å²) in [6.45, 7) is 4.68. The molecule has 1 aliphatic rings. The highest BCUT2D eigenvalue weighted by molar-refractivity contribution is 6.11. The SMILES string of the molecule is CC1(C)c2ccccc2-c2cc3c(ccc4ccc(-c5cc(-c6ccccc6)nc(-c6ccc(-c7ccccn7)cc6)n5)cc43)cc21. The fourth-order valence-corrected chi connectivity index (χ4v) is 7.21. The summed E-state index contributed by atoms with van der Waals surface area (Å²) in [7, 11) is 0. The fourth-order valence-electron chi connectivity index (χ4n) is 7.21. The van der Waals surface area contributed by atoms with E-state index in [9.17, 15) is 0 Å². The maximum atomic E-state index is 5.17. The smallest absolute Gasteiger partial charge is 0.160 e. The predicted molar refractivity (Wildman–Crippen MR) is 194 cm³/mol. The molecule has 47 heavy (non-hydrogen) atoms. The van der Waals surface area contributed by atoms with Crippen LogP contribution in [0.5, 0.6) is 0 Å². The Hall–Kier alpha value is -5.93. The largest absolute Gasteiger partial charge is 0.256 e. The number of hydrogen-bond donors (Lipinski definition) is 0. The van der Waals surface area contributed by atoms with E-state index in [4.69, 9.17) is 9.97 Å². The average Bonchev–Trinajstić information content (AvgIpc) is 3.36. The summed E-state index contributed by atoms with van der Waals surface area (Å²) in [6, 6.07) is 51.7. The van der Waals surface area contributed by atoms with Crippen LogP contribution in [0, 0.1) is 0 Å². The minimum atomic E-state index is -0.0298. The molecule has 0 amide bonds. The third-order valence-corrected chi connectivity index (χ3v) is 9.73. The maximum Gasteiger partial charge on any atom is 0.160 e. The lowest BCUT2D eigenvalue weighted by Crippen LogP contribution is -2.14. The first kappa shape index (κ1) is 27.4. The molecule has 9 rings (SSSR count). The molecule has 3 heteroatoms. The van der Waals surface area contributed by atoms with Gasteiger partial charge in [-0.3, -0.25) is 4.98 Å². The van der Waals surface area contributed by atoms with Gasteiger partial charge in [0.05, 0.1) is 17.1 Å². The van der Waals surface area contributed by atoms with Gasteiger partial charge in [0.25, 0.3) is 0 Å². The van der Waals surface area contributed by atoms with Crippen LogP contribution in [0.1, 0.15) is 25.0 Å². The summed E-state index contributed by atoms with van der Waals surface area (Å²) in [5.74, 6) is 0.698. The molecule has 2 aromatic heterocycles. The van der Waals surface area contributed by atoms with Crippen molar-refractivity contribution in [3.63, 3.8) is 0 Å². The van der Waals surface area contributed by atoms with Crippen molar-refractivity contribution in [2.24, 2.45) is 0 Å². The predicted octanol–water partition coefficient (Wildman–Crippen LogP) is 11.2. The Labute approximate surface area is 274 Å². The van der Waals surface area contributed by atoms with Gasteiger partial charge in [-0.15, -0.1) is 0 Å². The standard InChI is InChI=1S/C44H31N3/c1-44(2)38-13-7-6-12-34(38)37-26-36-32(25-39(37)44)21-15-28-16-22-33(24-35(28)36)42-27-41(29-10-4-3-5-11-29)46-43(47-42)31-19-17-30(18-20-31)40-14-8-9-23-45-40/h3-27H,1-2H3. The van der Waals surface area contributed by atoms with E-state index in [0.29, 0.717) is 5.82 Å². The van der Waals surface area contributed by atoms with E-state index in [1.807, 2.05) is 30.5 Å². The molecule has 0 fully saturated rings. The third-order valence-electron chi connectivity index (χ3n) is 9.73. The molecule has 222 valence electrons. The first-order valence-electron chi connectivity index (χ1n) is 16.1. The zero-order valence-corrected chi connectivity index (χ0v) is 26.3. The molecule has 0 saturated carbocycles. The minimum absolute atomic E-state index is 0.0298. The normalized spacial score (nSPS) is 13.1. The lowest BCUT2D eigenvalue weighted by molar-refractivity contribution is 0.661. The third kappa shape index (κ3) is 4.54. The van der Waals surface area contributed by atoms with Gasteiger partial charge >= 0.3 is 0 Å². The van der Waals surface area contributed by atoms with Crippen molar-refractivity contribution in [2.45, 2.75) is 19.3 Å². The molecule has 0 spiro atoms. The van der Waals surface area contributed by atoms with Gasteiger partial charge in [0.2, 0.25) is 0 Å². The number of hydrogen-bond acceptors (Lipinski definition) is 3. The summed E-state index contributed by atoms with van der Waals surface area (Å²) in [5, 5.41) is 4.97.